The number of hydrogen-bond donors (Lipinski definition) is 2. The minimum absolute atomic E-state index is 0.0734. The monoisotopic (exact) mass is 480 g/mol. The zero-order valence-corrected chi connectivity index (χ0v) is 20.9. The van der Waals surface area contributed by atoms with Crippen molar-refractivity contribution in [2.75, 3.05) is 18.4 Å². The SMILES string of the molecule is CCn1c(=O)c(-c2ncc(C3CC3)cc2C)cc2cnc(Nc3ccc(C4CCNCC4)cc3)nc21. The van der Waals surface area contributed by atoms with E-state index in [1.807, 2.05) is 26.1 Å². The second kappa shape index (κ2) is 9.47. The maximum atomic E-state index is 13.5. The average Bonchev–Trinajstić information content (AvgIpc) is 3.75. The lowest BCUT2D eigenvalue weighted by Crippen LogP contribution is -2.26. The van der Waals surface area contributed by atoms with Crippen LogP contribution in [0.5, 0.6) is 0 Å². The zero-order chi connectivity index (χ0) is 24.6. The van der Waals surface area contributed by atoms with Gasteiger partial charge in [-0.3, -0.25) is 14.3 Å². The van der Waals surface area contributed by atoms with Crippen molar-refractivity contribution in [1.29, 1.82) is 0 Å². The number of fused-ring (bicyclic) bond motifs is 1. The fourth-order valence-corrected chi connectivity index (χ4v) is 5.32. The Morgan fingerprint density at radius 1 is 0.972 bits per heavy atom. The predicted molar refractivity (Wildman–Crippen MR) is 144 cm³/mol. The average molecular weight is 481 g/mol. The quantitative estimate of drug-likeness (QED) is 0.391. The number of hydrogen-bond acceptors (Lipinski definition) is 6. The van der Waals surface area contributed by atoms with Gasteiger partial charge in [-0.1, -0.05) is 18.2 Å². The molecule has 0 unspecified atom stereocenters. The highest BCUT2D eigenvalue weighted by Gasteiger charge is 2.25. The molecule has 0 spiro atoms. The molecule has 1 aromatic carbocycles. The van der Waals surface area contributed by atoms with Crippen molar-refractivity contribution in [2.45, 2.75) is 57.9 Å². The number of aryl methyl sites for hydroxylation is 2. The largest absolute Gasteiger partial charge is 0.324 e. The summed E-state index contributed by atoms with van der Waals surface area (Å²) in [7, 11) is 0. The molecule has 0 radical (unpaired) electrons. The summed E-state index contributed by atoms with van der Waals surface area (Å²) < 4.78 is 1.72. The molecule has 6 rings (SSSR count). The van der Waals surface area contributed by atoms with Crippen LogP contribution >= 0.6 is 0 Å². The number of rotatable bonds is 6. The molecule has 4 aromatic rings. The minimum Gasteiger partial charge on any atom is -0.324 e. The third-order valence-corrected chi connectivity index (χ3v) is 7.52. The van der Waals surface area contributed by atoms with E-state index < -0.39 is 0 Å². The van der Waals surface area contributed by atoms with Crippen LogP contribution in [0.2, 0.25) is 0 Å². The number of nitrogens with zero attached hydrogens (tertiary/aromatic N) is 4. The van der Waals surface area contributed by atoms with Crippen LogP contribution in [0.3, 0.4) is 0 Å². The van der Waals surface area contributed by atoms with Gasteiger partial charge in [0.05, 0.1) is 11.3 Å². The van der Waals surface area contributed by atoms with Crippen LogP contribution < -0.4 is 16.2 Å². The van der Waals surface area contributed by atoms with Gasteiger partial charge < -0.3 is 10.6 Å². The molecule has 2 aliphatic rings. The number of nitrogens with one attached hydrogen (secondary N) is 2. The van der Waals surface area contributed by atoms with Gasteiger partial charge in [0.15, 0.2) is 0 Å². The van der Waals surface area contributed by atoms with Gasteiger partial charge in [0.25, 0.3) is 5.56 Å². The van der Waals surface area contributed by atoms with E-state index in [0.717, 1.165) is 35.4 Å². The molecule has 36 heavy (non-hydrogen) atoms. The third-order valence-electron chi connectivity index (χ3n) is 7.52. The van der Waals surface area contributed by atoms with Gasteiger partial charge in [-0.05, 0) is 99.3 Å². The van der Waals surface area contributed by atoms with Gasteiger partial charge in [0.2, 0.25) is 5.95 Å². The first-order valence-corrected chi connectivity index (χ1v) is 13.1. The Hall–Kier alpha value is -3.58. The van der Waals surface area contributed by atoms with Crippen molar-refractivity contribution in [3.63, 3.8) is 0 Å². The number of benzene rings is 1. The molecular formula is C29H32N6O. The first-order chi connectivity index (χ1) is 17.6. The Labute approximate surface area is 211 Å². The number of pyridine rings is 2. The molecule has 1 saturated carbocycles. The Bertz CT molecular complexity index is 1470. The van der Waals surface area contributed by atoms with Gasteiger partial charge in [0.1, 0.15) is 5.65 Å². The molecule has 7 heteroatoms. The lowest BCUT2D eigenvalue weighted by molar-refractivity contribution is 0.460. The number of piperidine rings is 1. The van der Waals surface area contributed by atoms with Gasteiger partial charge in [-0.25, -0.2) is 4.98 Å². The molecule has 0 atom stereocenters. The van der Waals surface area contributed by atoms with Crippen LogP contribution in [0.15, 0.2) is 53.6 Å². The molecule has 2 N–H and O–H groups in total. The Morgan fingerprint density at radius 2 is 1.72 bits per heavy atom. The van der Waals surface area contributed by atoms with Crippen LogP contribution in [0, 0.1) is 6.92 Å². The topological polar surface area (TPSA) is 84.7 Å². The van der Waals surface area contributed by atoms with Crippen LogP contribution in [-0.4, -0.2) is 32.6 Å². The zero-order valence-electron chi connectivity index (χ0n) is 20.9. The Balaban J connectivity index is 1.30. The summed E-state index contributed by atoms with van der Waals surface area (Å²) in [6, 6.07) is 12.6. The molecular weight excluding hydrogens is 448 g/mol. The fourth-order valence-electron chi connectivity index (χ4n) is 5.32. The van der Waals surface area contributed by atoms with Crippen molar-refractivity contribution in [1.82, 2.24) is 24.8 Å². The lowest BCUT2D eigenvalue weighted by atomic mass is 9.90. The van der Waals surface area contributed by atoms with Crippen molar-refractivity contribution < 1.29 is 0 Å². The second-order valence-electron chi connectivity index (χ2n) is 10.1. The van der Waals surface area contributed by atoms with E-state index in [-0.39, 0.29) is 5.56 Å². The highest BCUT2D eigenvalue weighted by molar-refractivity contribution is 5.81. The van der Waals surface area contributed by atoms with E-state index >= 15 is 0 Å². The second-order valence-corrected chi connectivity index (χ2v) is 10.1. The third kappa shape index (κ3) is 4.39. The summed E-state index contributed by atoms with van der Waals surface area (Å²) in [6.45, 7) is 6.68. The number of anilines is 2. The number of aromatic nitrogens is 4. The maximum Gasteiger partial charge on any atom is 0.261 e. The molecule has 0 amide bonds. The molecule has 1 aliphatic carbocycles. The minimum atomic E-state index is -0.0734. The van der Waals surface area contributed by atoms with E-state index in [4.69, 9.17) is 9.97 Å². The van der Waals surface area contributed by atoms with Crippen molar-refractivity contribution >= 4 is 22.7 Å². The summed E-state index contributed by atoms with van der Waals surface area (Å²) in [5, 5.41) is 7.56. The lowest BCUT2D eigenvalue weighted by Gasteiger charge is -2.23. The first kappa shape index (κ1) is 22.9. The highest BCUT2D eigenvalue weighted by atomic mass is 16.1. The molecule has 7 nitrogen and oxygen atoms in total. The summed E-state index contributed by atoms with van der Waals surface area (Å²) in [5.74, 6) is 1.73. The smallest absolute Gasteiger partial charge is 0.261 e. The van der Waals surface area contributed by atoms with Crippen molar-refractivity contribution in [2.24, 2.45) is 0 Å². The van der Waals surface area contributed by atoms with Crippen LogP contribution in [0.25, 0.3) is 22.3 Å². The molecule has 4 heterocycles. The van der Waals surface area contributed by atoms with E-state index in [2.05, 4.69) is 45.9 Å². The van der Waals surface area contributed by atoms with Gasteiger partial charge in [-0.2, -0.15) is 4.98 Å². The van der Waals surface area contributed by atoms with E-state index in [1.165, 1.54) is 36.8 Å². The summed E-state index contributed by atoms with van der Waals surface area (Å²) in [6.07, 6.45) is 8.54. The Morgan fingerprint density at radius 3 is 2.42 bits per heavy atom. The highest BCUT2D eigenvalue weighted by Crippen LogP contribution is 2.40. The summed E-state index contributed by atoms with van der Waals surface area (Å²) in [4.78, 5) is 27.5. The molecule has 3 aromatic heterocycles. The molecule has 0 bridgehead atoms. The fraction of sp³-hybridized carbons (Fsp3) is 0.379. The van der Waals surface area contributed by atoms with Crippen molar-refractivity contribution in [3.8, 4) is 11.3 Å². The molecule has 1 aliphatic heterocycles. The Kier molecular flexibility index (Phi) is 6.01. The van der Waals surface area contributed by atoms with Gasteiger partial charge >= 0.3 is 0 Å². The molecule has 184 valence electrons. The summed E-state index contributed by atoms with van der Waals surface area (Å²) in [5.41, 5.74) is 6.51. The van der Waals surface area contributed by atoms with E-state index in [0.29, 0.717) is 35.5 Å². The van der Waals surface area contributed by atoms with E-state index in [1.54, 1.807) is 10.8 Å². The molecule has 1 saturated heterocycles. The van der Waals surface area contributed by atoms with Gasteiger partial charge in [0, 0.05) is 30.0 Å². The summed E-state index contributed by atoms with van der Waals surface area (Å²) >= 11 is 0. The van der Waals surface area contributed by atoms with Crippen LogP contribution in [0.4, 0.5) is 11.6 Å². The first-order valence-electron chi connectivity index (χ1n) is 13.1. The van der Waals surface area contributed by atoms with Crippen LogP contribution in [0.1, 0.15) is 61.1 Å². The van der Waals surface area contributed by atoms with E-state index in [9.17, 15) is 4.79 Å². The van der Waals surface area contributed by atoms with Crippen LogP contribution in [-0.2, 0) is 6.54 Å². The molecule has 2 fully saturated rings. The maximum absolute atomic E-state index is 13.5. The normalized spacial score (nSPS) is 16.4. The van der Waals surface area contributed by atoms with Crippen molar-refractivity contribution in [3.05, 3.63) is 75.8 Å². The standard InChI is InChI=1S/C29H32N6O/c1-3-35-27-23(15-25(28(35)36)26-18(2)14-22(16-31-26)20-4-5-20)17-32-29(34-27)33-24-8-6-19(7-9-24)21-10-12-30-13-11-21/h6-9,14-17,20-21,30H,3-5,10-13H2,1-2H3,(H,32,33,34). The predicted octanol–water partition coefficient (Wildman–Crippen LogP) is 5.27. The van der Waals surface area contributed by atoms with Gasteiger partial charge in [-0.15, -0.1) is 0 Å².